The Hall–Kier alpha value is -1.24. The number of hydrogen-bond acceptors (Lipinski definition) is 5. The Kier molecular flexibility index (Phi) is 5.07. The van der Waals surface area contributed by atoms with Crippen molar-refractivity contribution in [2.45, 2.75) is 19.4 Å². The molecule has 0 radical (unpaired) electrons. The average Bonchev–Trinajstić information content (AvgIpc) is 2.80. The molecule has 0 saturated heterocycles. The van der Waals surface area contributed by atoms with E-state index >= 15 is 0 Å². The fourth-order valence-corrected chi connectivity index (χ4v) is 2.12. The molecule has 2 N–H and O–H groups in total. The number of nitrogens with one attached hydrogen (secondary N) is 1. The number of hydrogen-bond donors (Lipinski definition) is 2. The Balaban J connectivity index is 1.73. The molecule has 0 aliphatic rings. The van der Waals surface area contributed by atoms with Gasteiger partial charge < -0.3 is 14.9 Å². The lowest BCUT2D eigenvalue weighted by atomic mass is 10.1. The van der Waals surface area contributed by atoms with Gasteiger partial charge in [0.05, 0.1) is 6.10 Å². The summed E-state index contributed by atoms with van der Waals surface area (Å²) in [5.41, 5.74) is 0.885. The van der Waals surface area contributed by atoms with Gasteiger partial charge in [-0.2, -0.15) is 4.98 Å². The van der Waals surface area contributed by atoms with Gasteiger partial charge in [0, 0.05) is 24.0 Å². The van der Waals surface area contributed by atoms with Crippen molar-refractivity contribution < 1.29 is 9.63 Å². The van der Waals surface area contributed by atoms with Crippen molar-refractivity contribution >= 4 is 15.9 Å². The Labute approximate surface area is 120 Å². The molecule has 19 heavy (non-hydrogen) atoms. The van der Waals surface area contributed by atoms with Gasteiger partial charge in [0.2, 0.25) is 5.89 Å². The average molecular weight is 326 g/mol. The molecule has 0 saturated carbocycles. The maximum Gasteiger partial charge on any atom is 0.227 e. The third-order valence-electron chi connectivity index (χ3n) is 2.66. The number of benzene rings is 1. The smallest absolute Gasteiger partial charge is 0.227 e. The summed E-state index contributed by atoms with van der Waals surface area (Å²) in [6.45, 7) is 2.97. The molecule has 1 heterocycles. The molecule has 2 rings (SSSR count). The van der Waals surface area contributed by atoms with Crippen molar-refractivity contribution in [1.29, 1.82) is 0 Å². The number of rotatable bonds is 6. The molecule has 0 fully saturated rings. The molecule has 1 aromatic heterocycles. The molecule has 5 nitrogen and oxygen atoms in total. The number of nitrogens with zero attached hydrogens (tertiary/aromatic N) is 2. The number of aliphatic hydroxyl groups excluding tert-OH is 1. The molecule has 1 aromatic carbocycles. The summed E-state index contributed by atoms with van der Waals surface area (Å²) in [7, 11) is 0. The van der Waals surface area contributed by atoms with Crippen LogP contribution in [0.2, 0.25) is 0 Å². The van der Waals surface area contributed by atoms with Crippen LogP contribution in [0.4, 0.5) is 0 Å². The van der Waals surface area contributed by atoms with Crippen LogP contribution in [0.5, 0.6) is 0 Å². The molecule has 0 aliphatic carbocycles. The summed E-state index contributed by atoms with van der Waals surface area (Å²) < 4.78 is 5.97. The first kappa shape index (κ1) is 14.2. The molecule has 0 amide bonds. The molecular formula is C13H16BrN3O2. The lowest BCUT2D eigenvalue weighted by Crippen LogP contribution is -2.23. The number of aromatic nitrogens is 2. The van der Waals surface area contributed by atoms with Crippen molar-refractivity contribution in [1.82, 2.24) is 15.5 Å². The van der Waals surface area contributed by atoms with Crippen LogP contribution in [0, 0.1) is 6.92 Å². The molecule has 2 aromatic rings. The lowest BCUT2D eigenvalue weighted by molar-refractivity contribution is 0.174. The van der Waals surface area contributed by atoms with Gasteiger partial charge in [0.25, 0.3) is 0 Å². The van der Waals surface area contributed by atoms with Crippen LogP contribution in [-0.2, 0) is 6.42 Å². The van der Waals surface area contributed by atoms with Gasteiger partial charge in [-0.25, -0.2) is 0 Å². The summed E-state index contributed by atoms with van der Waals surface area (Å²) in [4.78, 5) is 4.11. The zero-order valence-electron chi connectivity index (χ0n) is 10.6. The second kappa shape index (κ2) is 6.79. The summed E-state index contributed by atoms with van der Waals surface area (Å²) in [5, 5.41) is 16.9. The van der Waals surface area contributed by atoms with Gasteiger partial charge in [-0.3, -0.25) is 0 Å². The summed E-state index contributed by atoms with van der Waals surface area (Å²) in [5.74, 6) is 1.26. The van der Waals surface area contributed by atoms with Gasteiger partial charge >= 0.3 is 0 Å². The molecule has 6 heteroatoms. The maximum absolute atomic E-state index is 10.0. The third kappa shape index (κ3) is 4.41. The van der Waals surface area contributed by atoms with Crippen molar-refractivity contribution in [3.8, 4) is 0 Å². The van der Waals surface area contributed by atoms with E-state index in [0.29, 0.717) is 31.2 Å². The van der Waals surface area contributed by atoms with E-state index in [-0.39, 0.29) is 0 Å². The SMILES string of the molecule is Cc1noc(CCNCC(O)c2cccc(Br)c2)n1. The third-order valence-corrected chi connectivity index (χ3v) is 3.15. The molecular weight excluding hydrogens is 310 g/mol. The van der Waals surface area contributed by atoms with E-state index in [1.165, 1.54) is 0 Å². The van der Waals surface area contributed by atoms with Crippen LogP contribution in [0.15, 0.2) is 33.3 Å². The molecule has 0 aliphatic heterocycles. The Bertz CT molecular complexity index is 530. The largest absolute Gasteiger partial charge is 0.387 e. The van der Waals surface area contributed by atoms with Crippen molar-refractivity contribution in [2.75, 3.05) is 13.1 Å². The Morgan fingerprint density at radius 1 is 1.47 bits per heavy atom. The number of halogens is 1. The highest BCUT2D eigenvalue weighted by Gasteiger charge is 2.08. The minimum atomic E-state index is -0.526. The van der Waals surface area contributed by atoms with Gasteiger partial charge in [-0.1, -0.05) is 33.2 Å². The predicted octanol–water partition coefficient (Wildman–Crippen LogP) is 2.01. The van der Waals surface area contributed by atoms with Crippen LogP contribution in [0.25, 0.3) is 0 Å². The van der Waals surface area contributed by atoms with Crippen LogP contribution >= 0.6 is 15.9 Å². The molecule has 1 atom stereocenters. The maximum atomic E-state index is 10.0. The van der Waals surface area contributed by atoms with E-state index in [1.807, 2.05) is 24.3 Å². The highest BCUT2D eigenvalue weighted by Crippen LogP contribution is 2.17. The first-order chi connectivity index (χ1) is 9.15. The van der Waals surface area contributed by atoms with Gasteiger partial charge in [0.15, 0.2) is 5.82 Å². The number of aliphatic hydroxyl groups is 1. The van der Waals surface area contributed by atoms with E-state index in [2.05, 4.69) is 31.4 Å². The summed E-state index contributed by atoms with van der Waals surface area (Å²) >= 11 is 3.39. The minimum absolute atomic E-state index is 0.490. The molecule has 1 unspecified atom stereocenters. The van der Waals surface area contributed by atoms with E-state index < -0.39 is 6.10 Å². The molecule has 102 valence electrons. The lowest BCUT2D eigenvalue weighted by Gasteiger charge is -2.11. The normalized spacial score (nSPS) is 12.6. The number of aryl methyl sites for hydroxylation is 1. The Morgan fingerprint density at radius 2 is 2.32 bits per heavy atom. The zero-order chi connectivity index (χ0) is 13.7. The fourth-order valence-electron chi connectivity index (χ4n) is 1.71. The standard InChI is InChI=1S/C13H16BrN3O2/c1-9-16-13(19-17-9)5-6-15-8-12(18)10-3-2-4-11(14)7-10/h2-4,7,12,15,18H,5-6,8H2,1H3. The van der Waals surface area contributed by atoms with Crippen LogP contribution in [0.1, 0.15) is 23.4 Å². The van der Waals surface area contributed by atoms with E-state index in [1.54, 1.807) is 6.92 Å². The second-order valence-electron chi connectivity index (χ2n) is 4.26. The van der Waals surface area contributed by atoms with E-state index in [0.717, 1.165) is 10.0 Å². The van der Waals surface area contributed by atoms with Crippen molar-refractivity contribution in [3.63, 3.8) is 0 Å². The monoisotopic (exact) mass is 325 g/mol. The zero-order valence-corrected chi connectivity index (χ0v) is 12.2. The van der Waals surface area contributed by atoms with Gasteiger partial charge in [0.1, 0.15) is 0 Å². The summed E-state index contributed by atoms with van der Waals surface area (Å²) in [6, 6.07) is 7.65. The quantitative estimate of drug-likeness (QED) is 0.795. The second-order valence-corrected chi connectivity index (χ2v) is 5.18. The predicted molar refractivity (Wildman–Crippen MR) is 74.7 cm³/mol. The van der Waals surface area contributed by atoms with Crippen LogP contribution < -0.4 is 5.32 Å². The first-order valence-electron chi connectivity index (χ1n) is 6.08. The van der Waals surface area contributed by atoms with Crippen molar-refractivity contribution in [3.05, 3.63) is 46.0 Å². The summed E-state index contributed by atoms with van der Waals surface area (Å²) in [6.07, 6.45) is 0.133. The van der Waals surface area contributed by atoms with E-state index in [9.17, 15) is 5.11 Å². The Morgan fingerprint density at radius 3 is 3.00 bits per heavy atom. The van der Waals surface area contributed by atoms with E-state index in [4.69, 9.17) is 4.52 Å². The van der Waals surface area contributed by atoms with Gasteiger partial charge in [-0.05, 0) is 24.6 Å². The van der Waals surface area contributed by atoms with Gasteiger partial charge in [-0.15, -0.1) is 0 Å². The first-order valence-corrected chi connectivity index (χ1v) is 6.88. The highest BCUT2D eigenvalue weighted by atomic mass is 79.9. The molecule has 0 bridgehead atoms. The fraction of sp³-hybridized carbons (Fsp3) is 0.385. The molecule has 0 spiro atoms. The van der Waals surface area contributed by atoms with Crippen LogP contribution in [-0.4, -0.2) is 28.3 Å². The minimum Gasteiger partial charge on any atom is -0.387 e. The van der Waals surface area contributed by atoms with Crippen molar-refractivity contribution in [2.24, 2.45) is 0 Å². The topological polar surface area (TPSA) is 71.2 Å². The van der Waals surface area contributed by atoms with Crippen LogP contribution in [0.3, 0.4) is 0 Å². The highest BCUT2D eigenvalue weighted by molar-refractivity contribution is 9.10.